The van der Waals surface area contributed by atoms with Crippen LogP contribution in [0, 0.1) is 0 Å². The summed E-state index contributed by atoms with van der Waals surface area (Å²) in [6.07, 6.45) is -4.06. The average molecular weight is 460 g/mol. The summed E-state index contributed by atoms with van der Waals surface area (Å²) in [6.45, 7) is 1.83. The fourth-order valence-corrected chi connectivity index (χ4v) is 3.72. The van der Waals surface area contributed by atoms with E-state index < -0.39 is 23.6 Å². The summed E-state index contributed by atoms with van der Waals surface area (Å²) in [5, 5.41) is 9.43. The van der Waals surface area contributed by atoms with Crippen molar-refractivity contribution in [2.24, 2.45) is 0 Å². The van der Waals surface area contributed by atoms with Gasteiger partial charge in [0.05, 0.1) is 11.3 Å². The number of nitrogens with one attached hydrogen (secondary N) is 2. The number of amides is 2. The van der Waals surface area contributed by atoms with Gasteiger partial charge in [0.2, 0.25) is 5.76 Å². The molecule has 164 valence electrons. The molecular formula is C21H15F3N4O3S. The SMILES string of the molecule is CCc1nnsc1C(=O)Nc1c(C(=O)Nc2cccc(C(F)(F)F)c2)oc2ccccc12. The summed E-state index contributed by atoms with van der Waals surface area (Å²) in [5.41, 5.74) is -0.0309. The number of anilines is 2. The number of rotatable bonds is 5. The van der Waals surface area contributed by atoms with Gasteiger partial charge in [0.25, 0.3) is 11.8 Å². The van der Waals surface area contributed by atoms with E-state index in [1.165, 1.54) is 12.1 Å². The van der Waals surface area contributed by atoms with Crippen LogP contribution in [0.2, 0.25) is 0 Å². The average Bonchev–Trinajstić information content (AvgIpc) is 3.38. The minimum Gasteiger partial charge on any atom is -0.449 e. The van der Waals surface area contributed by atoms with Crippen LogP contribution < -0.4 is 10.6 Å². The monoisotopic (exact) mass is 460 g/mol. The summed E-state index contributed by atoms with van der Waals surface area (Å²) < 4.78 is 48.4. The lowest BCUT2D eigenvalue weighted by Gasteiger charge is -2.10. The number of benzene rings is 2. The normalized spacial score (nSPS) is 11.5. The zero-order valence-corrected chi connectivity index (χ0v) is 17.3. The van der Waals surface area contributed by atoms with Crippen LogP contribution in [-0.2, 0) is 12.6 Å². The molecule has 0 unspecified atom stereocenters. The van der Waals surface area contributed by atoms with Crippen molar-refractivity contribution in [2.45, 2.75) is 19.5 Å². The standard InChI is InChI=1S/C21H15F3N4O3S/c1-2-14-18(32-28-27-14)20(30)26-16-13-8-3-4-9-15(13)31-17(16)19(29)25-12-7-5-6-11(10-12)21(22,23)24/h3-10H,2H2,1H3,(H,25,29)(H,26,30). The molecule has 2 heterocycles. The van der Waals surface area contributed by atoms with Crippen molar-refractivity contribution < 1.29 is 27.2 Å². The van der Waals surface area contributed by atoms with E-state index in [1.807, 2.05) is 6.92 Å². The van der Waals surface area contributed by atoms with E-state index in [9.17, 15) is 22.8 Å². The van der Waals surface area contributed by atoms with E-state index in [2.05, 4.69) is 20.2 Å². The molecule has 0 aliphatic heterocycles. The second kappa shape index (κ2) is 8.42. The topological polar surface area (TPSA) is 97.1 Å². The number of para-hydroxylation sites is 1. The van der Waals surface area contributed by atoms with Crippen molar-refractivity contribution in [3.8, 4) is 0 Å². The Balaban J connectivity index is 1.68. The van der Waals surface area contributed by atoms with E-state index in [1.54, 1.807) is 24.3 Å². The molecule has 0 spiro atoms. The van der Waals surface area contributed by atoms with Gasteiger partial charge in [-0.25, -0.2) is 0 Å². The lowest BCUT2D eigenvalue weighted by atomic mass is 10.2. The molecule has 0 fully saturated rings. The van der Waals surface area contributed by atoms with Crippen LogP contribution in [-0.4, -0.2) is 21.4 Å². The Morgan fingerprint density at radius 1 is 1.06 bits per heavy atom. The van der Waals surface area contributed by atoms with Crippen LogP contribution in [0.3, 0.4) is 0 Å². The first-order valence-electron chi connectivity index (χ1n) is 9.40. The molecule has 0 saturated carbocycles. The number of fused-ring (bicyclic) bond motifs is 1. The maximum absolute atomic E-state index is 13.0. The van der Waals surface area contributed by atoms with Crippen LogP contribution in [0.5, 0.6) is 0 Å². The van der Waals surface area contributed by atoms with Gasteiger partial charge in [0.1, 0.15) is 16.1 Å². The summed E-state index contributed by atoms with van der Waals surface area (Å²) >= 11 is 0.919. The molecule has 32 heavy (non-hydrogen) atoms. The molecule has 0 aliphatic carbocycles. The smallest absolute Gasteiger partial charge is 0.416 e. The Morgan fingerprint density at radius 3 is 2.59 bits per heavy atom. The first-order chi connectivity index (χ1) is 15.3. The third-order valence-corrected chi connectivity index (χ3v) is 5.35. The van der Waals surface area contributed by atoms with Gasteiger partial charge in [-0.15, -0.1) is 5.10 Å². The molecule has 2 N–H and O–H groups in total. The van der Waals surface area contributed by atoms with E-state index in [4.69, 9.17) is 4.42 Å². The zero-order chi connectivity index (χ0) is 22.9. The van der Waals surface area contributed by atoms with E-state index in [-0.39, 0.29) is 17.1 Å². The number of nitrogens with zero attached hydrogens (tertiary/aromatic N) is 2. The van der Waals surface area contributed by atoms with E-state index >= 15 is 0 Å². The molecule has 2 aromatic heterocycles. The lowest BCUT2D eigenvalue weighted by Crippen LogP contribution is -2.17. The predicted octanol–water partition coefficient (Wildman–Crippen LogP) is 5.37. The number of aryl methyl sites for hydroxylation is 1. The number of alkyl halides is 3. The Bertz CT molecular complexity index is 1310. The van der Waals surface area contributed by atoms with Crippen molar-refractivity contribution in [2.75, 3.05) is 10.6 Å². The van der Waals surface area contributed by atoms with Gasteiger partial charge in [-0.05, 0) is 48.3 Å². The van der Waals surface area contributed by atoms with Gasteiger partial charge < -0.3 is 15.1 Å². The van der Waals surface area contributed by atoms with Crippen LogP contribution in [0.25, 0.3) is 11.0 Å². The van der Waals surface area contributed by atoms with Gasteiger partial charge >= 0.3 is 6.18 Å². The largest absolute Gasteiger partial charge is 0.449 e. The lowest BCUT2D eigenvalue weighted by molar-refractivity contribution is -0.137. The second-order valence-corrected chi connectivity index (χ2v) is 7.45. The fraction of sp³-hybridized carbons (Fsp3) is 0.143. The van der Waals surface area contributed by atoms with Crippen molar-refractivity contribution >= 4 is 45.7 Å². The quantitative estimate of drug-likeness (QED) is 0.417. The van der Waals surface area contributed by atoms with Crippen molar-refractivity contribution in [3.63, 3.8) is 0 Å². The molecule has 2 aromatic carbocycles. The highest BCUT2D eigenvalue weighted by molar-refractivity contribution is 7.08. The fourth-order valence-electron chi connectivity index (χ4n) is 3.07. The molecule has 2 amide bonds. The number of hydrogen-bond donors (Lipinski definition) is 2. The van der Waals surface area contributed by atoms with E-state index in [0.29, 0.717) is 28.0 Å². The molecule has 4 aromatic rings. The number of halogens is 3. The summed E-state index contributed by atoms with van der Waals surface area (Å²) in [6, 6.07) is 10.9. The number of carbonyl (C=O) groups is 2. The Hall–Kier alpha value is -3.73. The minimum atomic E-state index is -4.56. The maximum atomic E-state index is 13.0. The summed E-state index contributed by atoms with van der Waals surface area (Å²) in [4.78, 5) is 26.0. The van der Waals surface area contributed by atoms with Crippen molar-refractivity contribution in [3.05, 3.63) is 70.4 Å². The first kappa shape index (κ1) is 21.5. The molecule has 7 nitrogen and oxygen atoms in total. The molecular weight excluding hydrogens is 445 g/mol. The zero-order valence-electron chi connectivity index (χ0n) is 16.5. The van der Waals surface area contributed by atoms with E-state index in [0.717, 1.165) is 23.7 Å². The molecule has 0 atom stereocenters. The van der Waals surface area contributed by atoms with Crippen LogP contribution in [0.4, 0.5) is 24.5 Å². The molecule has 0 bridgehead atoms. The number of aromatic nitrogens is 2. The van der Waals surface area contributed by atoms with Gasteiger partial charge in [0, 0.05) is 11.1 Å². The third kappa shape index (κ3) is 4.19. The summed E-state index contributed by atoms with van der Waals surface area (Å²) in [5.74, 6) is -1.57. The van der Waals surface area contributed by atoms with Gasteiger partial charge in [-0.1, -0.05) is 29.6 Å². The van der Waals surface area contributed by atoms with Crippen LogP contribution >= 0.6 is 11.5 Å². The predicted molar refractivity (Wildman–Crippen MR) is 113 cm³/mol. The minimum absolute atomic E-state index is 0.0671. The highest BCUT2D eigenvalue weighted by atomic mass is 32.1. The number of carbonyl (C=O) groups excluding carboxylic acids is 2. The molecule has 0 saturated heterocycles. The highest BCUT2D eigenvalue weighted by Crippen LogP contribution is 2.33. The third-order valence-electron chi connectivity index (χ3n) is 4.58. The van der Waals surface area contributed by atoms with Gasteiger partial charge in [-0.3, -0.25) is 9.59 Å². The molecule has 11 heteroatoms. The van der Waals surface area contributed by atoms with Crippen LogP contribution in [0.15, 0.2) is 52.9 Å². The first-order valence-corrected chi connectivity index (χ1v) is 10.2. The van der Waals surface area contributed by atoms with Crippen LogP contribution in [0.1, 0.15) is 38.4 Å². The maximum Gasteiger partial charge on any atom is 0.416 e. The van der Waals surface area contributed by atoms with Crippen molar-refractivity contribution in [1.29, 1.82) is 0 Å². The number of hydrogen-bond acceptors (Lipinski definition) is 6. The molecule has 0 radical (unpaired) electrons. The second-order valence-electron chi connectivity index (χ2n) is 6.69. The molecule has 4 rings (SSSR count). The summed E-state index contributed by atoms with van der Waals surface area (Å²) in [7, 11) is 0. The Morgan fingerprint density at radius 2 is 1.84 bits per heavy atom. The molecule has 0 aliphatic rings. The van der Waals surface area contributed by atoms with Gasteiger partial charge in [0.15, 0.2) is 0 Å². The van der Waals surface area contributed by atoms with Gasteiger partial charge in [-0.2, -0.15) is 13.2 Å². The number of furan rings is 1. The highest BCUT2D eigenvalue weighted by Gasteiger charge is 2.31. The Labute approximate surface area is 183 Å². The van der Waals surface area contributed by atoms with Crippen molar-refractivity contribution in [1.82, 2.24) is 9.59 Å². The Kier molecular flexibility index (Phi) is 5.66.